The summed E-state index contributed by atoms with van der Waals surface area (Å²) in [6, 6.07) is 3.50. The van der Waals surface area contributed by atoms with Gasteiger partial charge in [0.15, 0.2) is 0 Å². The molecule has 1 rings (SSSR count). The van der Waals surface area contributed by atoms with Crippen molar-refractivity contribution in [3.63, 3.8) is 0 Å². The van der Waals surface area contributed by atoms with Gasteiger partial charge in [0.2, 0.25) is 0 Å². The van der Waals surface area contributed by atoms with Gasteiger partial charge >= 0.3 is 6.18 Å². The summed E-state index contributed by atoms with van der Waals surface area (Å²) in [5, 5.41) is 0.602. The van der Waals surface area contributed by atoms with Gasteiger partial charge in [-0.25, -0.2) is 0 Å². The summed E-state index contributed by atoms with van der Waals surface area (Å²) in [5.41, 5.74) is -0.0801. The molecule has 0 saturated carbocycles. The Morgan fingerprint density at radius 3 is 2.47 bits per heavy atom. The number of ether oxygens (including phenoxy) is 1. The number of alkyl halides is 4. The van der Waals surface area contributed by atoms with Gasteiger partial charge in [-0.2, -0.15) is 13.2 Å². The molecule has 5 heteroatoms. The number of halogens is 4. The third-order valence-corrected chi connectivity index (χ3v) is 2.37. The van der Waals surface area contributed by atoms with Crippen LogP contribution in [0.4, 0.5) is 13.2 Å². The summed E-state index contributed by atoms with van der Waals surface area (Å²) >= 11 is 3.19. The molecule has 1 aromatic rings. The first-order chi connectivity index (χ1) is 6.99. The summed E-state index contributed by atoms with van der Waals surface area (Å²) in [4.78, 5) is 0. The molecule has 84 valence electrons. The number of hydrogen-bond donors (Lipinski definition) is 0. The monoisotopic (exact) mass is 282 g/mol. The zero-order valence-corrected chi connectivity index (χ0v) is 9.65. The van der Waals surface area contributed by atoms with Gasteiger partial charge in [-0.05, 0) is 30.2 Å². The molecule has 0 atom stereocenters. The average Bonchev–Trinajstić information content (AvgIpc) is 2.17. The Balaban J connectivity index is 3.10. The highest BCUT2D eigenvalue weighted by Gasteiger charge is 2.30. The van der Waals surface area contributed by atoms with E-state index < -0.39 is 11.7 Å². The van der Waals surface area contributed by atoms with Crippen LogP contribution < -0.4 is 4.74 Å². The van der Waals surface area contributed by atoms with Gasteiger partial charge in [-0.15, -0.1) is 0 Å². The summed E-state index contributed by atoms with van der Waals surface area (Å²) in [7, 11) is 1.44. The van der Waals surface area contributed by atoms with Crippen LogP contribution in [0.15, 0.2) is 18.2 Å². The van der Waals surface area contributed by atoms with Crippen molar-refractivity contribution in [3.8, 4) is 5.75 Å². The lowest BCUT2D eigenvalue weighted by Gasteiger charge is -2.11. The second-order valence-electron chi connectivity index (χ2n) is 2.96. The second-order valence-corrected chi connectivity index (χ2v) is 3.76. The number of aryl methyl sites for hydroxylation is 1. The lowest BCUT2D eigenvalue weighted by Crippen LogP contribution is -2.06. The van der Waals surface area contributed by atoms with E-state index in [1.165, 1.54) is 13.2 Å². The first-order valence-corrected chi connectivity index (χ1v) is 5.41. The molecule has 0 spiro atoms. The predicted octanol–water partition coefficient (Wildman–Crippen LogP) is 3.65. The van der Waals surface area contributed by atoms with Crippen molar-refractivity contribution in [1.29, 1.82) is 0 Å². The van der Waals surface area contributed by atoms with E-state index in [0.29, 0.717) is 23.1 Å². The molecule has 0 heterocycles. The van der Waals surface area contributed by atoms with Crippen LogP contribution in [-0.2, 0) is 12.6 Å². The highest BCUT2D eigenvalue weighted by Crippen LogP contribution is 2.32. The van der Waals surface area contributed by atoms with E-state index in [1.807, 2.05) is 0 Å². The Labute approximate surface area is 94.4 Å². The van der Waals surface area contributed by atoms with E-state index in [1.54, 1.807) is 0 Å². The van der Waals surface area contributed by atoms with Crippen molar-refractivity contribution in [1.82, 2.24) is 0 Å². The zero-order valence-electron chi connectivity index (χ0n) is 8.07. The van der Waals surface area contributed by atoms with E-state index in [2.05, 4.69) is 15.9 Å². The first kappa shape index (κ1) is 12.4. The van der Waals surface area contributed by atoms with Gasteiger partial charge in [-0.1, -0.05) is 15.9 Å². The summed E-state index contributed by atoms with van der Waals surface area (Å²) in [6.45, 7) is 0. The van der Waals surface area contributed by atoms with Gasteiger partial charge in [0, 0.05) is 5.33 Å². The average molecular weight is 283 g/mol. The van der Waals surface area contributed by atoms with Gasteiger partial charge in [-0.3, -0.25) is 0 Å². The molecule has 0 aliphatic carbocycles. The minimum absolute atomic E-state index is 0.488. The molecule has 0 unspecified atom stereocenters. The molecule has 0 aliphatic rings. The molecule has 0 amide bonds. The maximum absolute atomic E-state index is 12.4. The predicted molar refractivity (Wildman–Crippen MR) is 55.5 cm³/mol. The van der Waals surface area contributed by atoms with Crippen LogP contribution >= 0.6 is 15.9 Å². The molecular weight excluding hydrogens is 273 g/mol. The molecular formula is C10H10BrF3O. The van der Waals surface area contributed by atoms with Crippen molar-refractivity contribution in [2.24, 2.45) is 0 Å². The fraction of sp³-hybridized carbons (Fsp3) is 0.400. The van der Waals surface area contributed by atoms with Crippen LogP contribution in [-0.4, -0.2) is 12.4 Å². The quantitative estimate of drug-likeness (QED) is 0.769. The Kier molecular flexibility index (Phi) is 4.02. The molecule has 0 bridgehead atoms. The number of rotatable bonds is 3. The Morgan fingerprint density at radius 1 is 1.33 bits per heavy atom. The fourth-order valence-electron chi connectivity index (χ4n) is 1.25. The Morgan fingerprint density at radius 2 is 2.00 bits per heavy atom. The van der Waals surface area contributed by atoms with Crippen LogP contribution in [0.3, 0.4) is 0 Å². The van der Waals surface area contributed by atoms with Crippen LogP contribution in [0.2, 0.25) is 0 Å². The molecule has 0 radical (unpaired) electrons. The Bertz CT molecular complexity index is 336. The van der Waals surface area contributed by atoms with Crippen molar-refractivity contribution in [2.75, 3.05) is 12.4 Å². The summed E-state index contributed by atoms with van der Waals surface area (Å²) in [6.07, 6.45) is -3.79. The van der Waals surface area contributed by atoms with Crippen LogP contribution in [0.5, 0.6) is 5.75 Å². The molecule has 1 aromatic carbocycles. The van der Waals surface area contributed by atoms with E-state index in [4.69, 9.17) is 4.74 Å². The van der Waals surface area contributed by atoms with E-state index in [0.717, 1.165) is 12.1 Å². The maximum atomic E-state index is 12.4. The molecule has 0 aliphatic heterocycles. The van der Waals surface area contributed by atoms with E-state index in [9.17, 15) is 13.2 Å². The zero-order chi connectivity index (χ0) is 11.5. The normalized spacial score (nSPS) is 11.5. The minimum atomic E-state index is -4.30. The third-order valence-electron chi connectivity index (χ3n) is 1.97. The molecule has 0 saturated heterocycles. The van der Waals surface area contributed by atoms with Crippen LogP contribution in [0, 0.1) is 0 Å². The molecule has 0 aromatic heterocycles. The largest absolute Gasteiger partial charge is 0.496 e. The molecule has 0 N–H and O–H groups in total. The number of benzene rings is 1. The van der Waals surface area contributed by atoms with Crippen molar-refractivity contribution in [2.45, 2.75) is 12.6 Å². The van der Waals surface area contributed by atoms with Gasteiger partial charge in [0.25, 0.3) is 0 Å². The second kappa shape index (κ2) is 4.88. The Hall–Kier alpha value is -0.710. The van der Waals surface area contributed by atoms with Crippen molar-refractivity contribution in [3.05, 3.63) is 29.3 Å². The fourth-order valence-corrected chi connectivity index (χ4v) is 1.68. The topological polar surface area (TPSA) is 9.23 Å². The number of methoxy groups -OCH3 is 1. The van der Waals surface area contributed by atoms with E-state index >= 15 is 0 Å². The van der Waals surface area contributed by atoms with Crippen LogP contribution in [0.1, 0.15) is 11.1 Å². The van der Waals surface area contributed by atoms with Gasteiger partial charge < -0.3 is 4.74 Å². The molecule has 15 heavy (non-hydrogen) atoms. The first-order valence-electron chi connectivity index (χ1n) is 4.29. The van der Waals surface area contributed by atoms with Crippen molar-refractivity contribution >= 4 is 15.9 Å². The summed E-state index contributed by atoms with van der Waals surface area (Å²) in [5.74, 6) is 0.488. The third kappa shape index (κ3) is 3.12. The van der Waals surface area contributed by atoms with Crippen molar-refractivity contribution < 1.29 is 17.9 Å². The molecule has 0 fully saturated rings. The summed E-state index contributed by atoms with van der Waals surface area (Å²) < 4.78 is 42.2. The SMILES string of the molecule is COc1ccc(C(F)(F)F)cc1CCBr. The maximum Gasteiger partial charge on any atom is 0.416 e. The smallest absolute Gasteiger partial charge is 0.416 e. The highest BCUT2D eigenvalue weighted by molar-refractivity contribution is 9.09. The van der Waals surface area contributed by atoms with Crippen LogP contribution in [0.25, 0.3) is 0 Å². The van der Waals surface area contributed by atoms with Gasteiger partial charge in [0.05, 0.1) is 12.7 Å². The van der Waals surface area contributed by atoms with E-state index in [-0.39, 0.29) is 0 Å². The molecule has 1 nitrogen and oxygen atoms in total. The standard InChI is InChI=1S/C10H10BrF3O/c1-15-9-3-2-8(10(12,13)14)6-7(9)4-5-11/h2-3,6H,4-5H2,1H3. The lowest BCUT2D eigenvalue weighted by molar-refractivity contribution is -0.137. The lowest BCUT2D eigenvalue weighted by atomic mass is 10.1. The minimum Gasteiger partial charge on any atom is -0.496 e. The highest BCUT2D eigenvalue weighted by atomic mass is 79.9. The number of hydrogen-bond acceptors (Lipinski definition) is 1. The van der Waals surface area contributed by atoms with Gasteiger partial charge in [0.1, 0.15) is 5.75 Å².